The second kappa shape index (κ2) is 8.03. The van der Waals surface area contributed by atoms with E-state index >= 15 is 0 Å². The molecule has 0 spiro atoms. The Balaban J connectivity index is 1.44. The summed E-state index contributed by atoms with van der Waals surface area (Å²) in [6.07, 6.45) is 4.46. The van der Waals surface area contributed by atoms with Gasteiger partial charge in [-0.05, 0) is 55.7 Å². The standard InChI is InChI=1S/C19H26FN3O3/c1-2-13-5-6-14(9-17(13)20)21-19(26)22-15-7-16(8-15)23(11-18(24)25)10-12-3-4-12/h5-6,9,12,15-16H,2-4,7-8,10-11H2,1H3,(H,24,25)(H2,21,22,26). The lowest BCUT2D eigenvalue weighted by Crippen LogP contribution is -2.55. The van der Waals surface area contributed by atoms with Gasteiger partial charge in [-0.1, -0.05) is 13.0 Å². The summed E-state index contributed by atoms with van der Waals surface area (Å²) in [6, 6.07) is 4.56. The Bertz CT molecular complexity index is 672. The molecule has 0 saturated heterocycles. The maximum atomic E-state index is 13.8. The maximum Gasteiger partial charge on any atom is 0.319 e. The van der Waals surface area contributed by atoms with Crippen molar-refractivity contribution in [1.29, 1.82) is 0 Å². The fourth-order valence-corrected chi connectivity index (χ4v) is 3.42. The first kappa shape index (κ1) is 18.6. The predicted octanol–water partition coefficient (Wildman–Crippen LogP) is 2.84. The van der Waals surface area contributed by atoms with Crippen LogP contribution in [-0.4, -0.2) is 47.2 Å². The summed E-state index contributed by atoms with van der Waals surface area (Å²) in [5.74, 6) is -0.499. The summed E-state index contributed by atoms with van der Waals surface area (Å²) in [6.45, 7) is 2.77. The quantitative estimate of drug-likeness (QED) is 0.663. The lowest BCUT2D eigenvalue weighted by atomic mass is 9.85. The Hall–Kier alpha value is -2.15. The zero-order chi connectivity index (χ0) is 18.7. The average molecular weight is 363 g/mol. The summed E-state index contributed by atoms with van der Waals surface area (Å²) >= 11 is 0. The number of aryl methyl sites for hydroxylation is 1. The molecule has 2 aliphatic carbocycles. The SMILES string of the molecule is CCc1ccc(NC(=O)NC2CC(N(CC(=O)O)CC3CC3)C2)cc1F. The van der Waals surface area contributed by atoms with Crippen molar-refractivity contribution in [3.8, 4) is 0 Å². The Morgan fingerprint density at radius 1 is 1.31 bits per heavy atom. The van der Waals surface area contributed by atoms with Crippen LogP contribution in [0.3, 0.4) is 0 Å². The molecule has 0 aliphatic heterocycles. The predicted molar refractivity (Wildman–Crippen MR) is 96.7 cm³/mol. The monoisotopic (exact) mass is 363 g/mol. The van der Waals surface area contributed by atoms with Gasteiger partial charge in [-0.15, -0.1) is 0 Å². The molecule has 3 N–H and O–H groups in total. The highest BCUT2D eigenvalue weighted by Gasteiger charge is 2.37. The van der Waals surface area contributed by atoms with Crippen LogP contribution in [0.25, 0.3) is 0 Å². The molecule has 26 heavy (non-hydrogen) atoms. The van der Waals surface area contributed by atoms with E-state index in [1.807, 2.05) is 11.8 Å². The van der Waals surface area contributed by atoms with E-state index in [2.05, 4.69) is 10.6 Å². The minimum Gasteiger partial charge on any atom is -0.480 e. The van der Waals surface area contributed by atoms with Crippen molar-refractivity contribution in [2.75, 3.05) is 18.4 Å². The van der Waals surface area contributed by atoms with Crippen LogP contribution in [0.5, 0.6) is 0 Å². The van der Waals surface area contributed by atoms with Gasteiger partial charge < -0.3 is 15.7 Å². The Morgan fingerprint density at radius 3 is 2.62 bits per heavy atom. The third-order valence-electron chi connectivity index (χ3n) is 5.18. The van der Waals surface area contributed by atoms with E-state index in [-0.39, 0.29) is 30.5 Å². The molecule has 2 saturated carbocycles. The summed E-state index contributed by atoms with van der Waals surface area (Å²) in [5.41, 5.74) is 1.04. The van der Waals surface area contributed by atoms with Gasteiger partial charge in [0.15, 0.2) is 0 Å². The number of nitrogens with one attached hydrogen (secondary N) is 2. The van der Waals surface area contributed by atoms with Gasteiger partial charge in [0, 0.05) is 24.3 Å². The Labute approximate surface area is 152 Å². The molecular weight excluding hydrogens is 337 g/mol. The van der Waals surface area contributed by atoms with Crippen molar-refractivity contribution in [1.82, 2.24) is 10.2 Å². The van der Waals surface area contributed by atoms with Crippen LogP contribution in [0.1, 0.15) is 38.2 Å². The Kier molecular flexibility index (Phi) is 5.76. The molecule has 0 unspecified atom stereocenters. The van der Waals surface area contributed by atoms with Gasteiger partial charge in [0.1, 0.15) is 5.82 Å². The van der Waals surface area contributed by atoms with E-state index in [4.69, 9.17) is 5.11 Å². The Morgan fingerprint density at radius 2 is 2.04 bits per heavy atom. The van der Waals surface area contributed by atoms with Crippen molar-refractivity contribution in [2.24, 2.45) is 5.92 Å². The highest BCUT2D eigenvalue weighted by Crippen LogP contribution is 2.33. The molecule has 2 aliphatic rings. The minimum absolute atomic E-state index is 0.0234. The van der Waals surface area contributed by atoms with E-state index in [0.717, 1.165) is 19.4 Å². The number of aliphatic carboxylic acids is 1. The van der Waals surface area contributed by atoms with Gasteiger partial charge in [-0.3, -0.25) is 9.69 Å². The van der Waals surface area contributed by atoms with Gasteiger partial charge in [-0.2, -0.15) is 0 Å². The average Bonchev–Trinajstić information content (AvgIpc) is 3.33. The van der Waals surface area contributed by atoms with Crippen LogP contribution < -0.4 is 10.6 Å². The van der Waals surface area contributed by atoms with E-state index in [1.54, 1.807) is 12.1 Å². The van der Waals surface area contributed by atoms with E-state index < -0.39 is 5.97 Å². The molecule has 0 radical (unpaired) electrons. The smallest absolute Gasteiger partial charge is 0.319 e. The highest BCUT2D eigenvalue weighted by molar-refractivity contribution is 5.89. The molecule has 0 heterocycles. The first-order valence-corrected chi connectivity index (χ1v) is 9.26. The summed E-state index contributed by atoms with van der Waals surface area (Å²) in [5, 5.41) is 14.6. The van der Waals surface area contributed by atoms with Crippen LogP contribution in [0.4, 0.5) is 14.9 Å². The second-order valence-electron chi connectivity index (χ2n) is 7.35. The van der Waals surface area contributed by atoms with E-state index in [0.29, 0.717) is 23.6 Å². The maximum absolute atomic E-state index is 13.8. The second-order valence-corrected chi connectivity index (χ2v) is 7.35. The molecule has 1 aromatic carbocycles. The zero-order valence-corrected chi connectivity index (χ0v) is 15.0. The van der Waals surface area contributed by atoms with Crippen molar-refractivity contribution in [3.63, 3.8) is 0 Å². The third kappa shape index (κ3) is 4.94. The molecule has 7 heteroatoms. The fourth-order valence-electron chi connectivity index (χ4n) is 3.42. The van der Waals surface area contributed by atoms with Crippen molar-refractivity contribution in [2.45, 2.75) is 51.1 Å². The molecule has 1 aromatic rings. The highest BCUT2D eigenvalue weighted by atomic mass is 19.1. The largest absolute Gasteiger partial charge is 0.480 e. The number of hydrogen-bond acceptors (Lipinski definition) is 3. The molecule has 2 amide bonds. The number of amides is 2. The number of urea groups is 1. The number of nitrogens with zero attached hydrogens (tertiary/aromatic N) is 1. The van der Waals surface area contributed by atoms with E-state index in [9.17, 15) is 14.0 Å². The normalized spacial score (nSPS) is 22.0. The van der Waals surface area contributed by atoms with Crippen molar-refractivity contribution in [3.05, 3.63) is 29.6 Å². The number of carboxylic acid groups (broad SMARTS) is 1. The number of carboxylic acids is 1. The number of rotatable bonds is 8. The zero-order valence-electron chi connectivity index (χ0n) is 15.0. The number of benzene rings is 1. The number of carbonyl (C=O) groups is 2. The lowest BCUT2D eigenvalue weighted by Gasteiger charge is -2.42. The van der Waals surface area contributed by atoms with Crippen LogP contribution >= 0.6 is 0 Å². The molecule has 0 aromatic heterocycles. The molecule has 3 rings (SSSR count). The minimum atomic E-state index is -0.808. The molecule has 0 bridgehead atoms. The van der Waals surface area contributed by atoms with Crippen LogP contribution in [0.15, 0.2) is 18.2 Å². The van der Waals surface area contributed by atoms with E-state index in [1.165, 1.54) is 18.9 Å². The number of anilines is 1. The van der Waals surface area contributed by atoms with Gasteiger partial charge in [0.2, 0.25) is 0 Å². The van der Waals surface area contributed by atoms with Crippen molar-refractivity contribution >= 4 is 17.7 Å². The third-order valence-corrected chi connectivity index (χ3v) is 5.18. The van der Waals surface area contributed by atoms with Crippen LogP contribution in [0, 0.1) is 11.7 Å². The topological polar surface area (TPSA) is 81.7 Å². The van der Waals surface area contributed by atoms with Crippen molar-refractivity contribution < 1.29 is 19.1 Å². The number of halogens is 1. The summed E-state index contributed by atoms with van der Waals surface area (Å²) in [4.78, 5) is 25.1. The van der Waals surface area contributed by atoms with Gasteiger partial charge in [0.25, 0.3) is 0 Å². The first-order chi connectivity index (χ1) is 12.4. The number of hydrogen-bond donors (Lipinski definition) is 3. The molecule has 6 nitrogen and oxygen atoms in total. The van der Waals surface area contributed by atoms with Crippen LogP contribution in [0.2, 0.25) is 0 Å². The molecule has 0 atom stereocenters. The number of carbonyl (C=O) groups excluding carboxylic acids is 1. The van der Waals surface area contributed by atoms with Crippen LogP contribution in [-0.2, 0) is 11.2 Å². The molecule has 142 valence electrons. The summed E-state index contributed by atoms with van der Waals surface area (Å²) < 4.78 is 13.8. The van der Waals surface area contributed by atoms with Gasteiger partial charge in [0.05, 0.1) is 6.54 Å². The first-order valence-electron chi connectivity index (χ1n) is 9.26. The molecular formula is C19H26FN3O3. The summed E-state index contributed by atoms with van der Waals surface area (Å²) in [7, 11) is 0. The molecule has 2 fully saturated rings. The van der Waals surface area contributed by atoms with Gasteiger partial charge >= 0.3 is 12.0 Å². The fraction of sp³-hybridized carbons (Fsp3) is 0.579. The lowest BCUT2D eigenvalue weighted by molar-refractivity contribution is -0.139. The van der Waals surface area contributed by atoms with Gasteiger partial charge in [-0.25, -0.2) is 9.18 Å².